The van der Waals surface area contributed by atoms with E-state index in [4.69, 9.17) is 14.0 Å². The Morgan fingerprint density at radius 2 is 2.30 bits per heavy atom. The highest BCUT2D eigenvalue weighted by atomic mass is 16.5. The zero-order valence-electron chi connectivity index (χ0n) is 12.8. The lowest BCUT2D eigenvalue weighted by Gasteiger charge is -2.23. The molecule has 2 atom stereocenters. The predicted molar refractivity (Wildman–Crippen MR) is 79.7 cm³/mol. The minimum atomic E-state index is -0.396. The van der Waals surface area contributed by atoms with Crippen molar-refractivity contribution in [2.75, 3.05) is 19.0 Å². The number of ether oxygens (including phenoxy) is 2. The molecule has 124 valence electrons. The molecule has 3 rings (SSSR count). The average molecular weight is 321 g/mol. The van der Waals surface area contributed by atoms with Gasteiger partial charge in [-0.1, -0.05) is 17.3 Å². The molecule has 0 unspecified atom stereocenters. The summed E-state index contributed by atoms with van der Waals surface area (Å²) in [7, 11) is 1.37. The van der Waals surface area contributed by atoms with Gasteiger partial charge in [0.2, 0.25) is 0 Å². The van der Waals surface area contributed by atoms with Crippen LogP contribution in [0.5, 0.6) is 0 Å². The molecule has 2 amide bonds. The highest BCUT2D eigenvalue weighted by Gasteiger charge is 2.26. The van der Waals surface area contributed by atoms with E-state index in [0.29, 0.717) is 38.3 Å². The number of aromatic nitrogens is 1. The van der Waals surface area contributed by atoms with Gasteiger partial charge in [0.05, 0.1) is 31.8 Å². The Morgan fingerprint density at radius 1 is 1.43 bits per heavy atom. The van der Waals surface area contributed by atoms with Crippen LogP contribution >= 0.6 is 0 Å². The van der Waals surface area contributed by atoms with Crippen LogP contribution in [-0.2, 0) is 27.3 Å². The lowest BCUT2D eigenvalue weighted by atomic mass is 9.91. The molecule has 0 bridgehead atoms. The minimum Gasteiger partial charge on any atom is -0.469 e. The van der Waals surface area contributed by atoms with Crippen LogP contribution in [0.1, 0.15) is 24.2 Å². The molecule has 0 saturated carbocycles. The molecule has 0 saturated heterocycles. The highest BCUT2D eigenvalue weighted by Crippen LogP contribution is 2.24. The molecule has 23 heavy (non-hydrogen) atoms. The van der Waals surface area contributed by atoms with Gasteiger partial charge in [0.1, 0.15) is 5.76 Å². The Labute approximate surface area is 133 Å². The number of hydrogen-bond donors (Lipinski definition) is 2. The topological polar surface area (TPSA) is 103 Å². The Hall–Kier alpha value is -2.35. The first kappa shape index (κ1) is 15.5. The van der Waals surface area contributed by atoms with Crippen molar-refractivity contribution < 1.29 is 23.6 Å². The maximum absolute atomic E-state index is 12.1. The van der Waals surface area contributed by atoms with E-state index in [2.05, 4.69) is 15.8 Å². The van der Waals surface area contributed by atoms with Gasteiger partial charge in [-0.3, -0.25) is 10.1 Å². The Bertz CT molecular complexity index is 625. The number of anilines is 1. The van der Waals surface area contributed by atoms with Crippen LogP contribution in [0, 0.1) is 5.92 Å². The molecular weight excluding hydrogens is 302 g/mol. The second-order valence-corrected chi connectivity index (χ2v) is 5.56. The predicted octanol–water partition coefficient (Wildman–Crippen LogP) is 1.38. The number of nitrogens with one attached hydrogen (secondary N) is 2. The number of carbonyl (C=O) groups excluding carboxylic acids is 2. The fourth-order valence-electron chi connectivity index (χ4n) is 2.79. The SMILES string of the molecule is COC(=O)[C@@H]1CC=C[C@@H](NC(=O)Nc2noc3c2COCC3)C1. The van der Waals surface area contributed by atoms with Crippen molar-refractivity contribution in [3.8, 4) is 0 Å². The number of hydrogen-bond acceptors (Lipinski definition) is 6. The number of carbonyl (C=O) groups is 2. The quantitative estimate of drug-likeness (QED) is 0.644. The third-order valence-corrected chi connectivity index (χ3v) is 4.00. The van der Waals surface area contributed by atoms with Gasteiger partial charge in [-0.05, 0) is 12.8 Å². The number of methoxy groups -OCH3 is 1. The van der Waals surface area contributed by atoms with Crippen LogP contribution in [-0.4, -0.2) is 36.9 Å². The van der Waals surface area contributed by atoms with Gasteiger partial charge in [-0.15, -0.1) is 0 Å². The second kappa shape index (κ2) is 6.82. The first-order valence-electron chi connectivity index (χ1n) is 7.54. The van der Waals surface area contributed by atoms with E-state index in [1.54, 1.807) is 0 Å². The van der Waals surface area contributed by atoms with Crippen LogP contribution in [0.3, 0.4) is 0 Å². The van der Waals surface area contributed by atoms with Crippen LogP contribution < -0.4 is 10.6 Å². The smallest absolute Gasteiger partial charge is 0.320 e. The van der Waals surface area contributed by atoms with Crippen molar-refractivity contribution in [3.63, 3.8) is 0 Å². The number of amides is 2. The van der Waals surface area contributed by atoms with E-state index >= 15 is 0 Å². The zero-order chi connectivity index (χ0) is 16.2. The van der Waals surface area contributed by atoms with Crippen molar-refractivity contribution in [1.29, 1.82) is 0 Å². The summed E-state index contributed by atoms with van der Waals surface area (Å²) in [4.78, 5) is 23.7. The van der Waals surface area contributed by atoms with Crippen molar-refractivity contribution in [3.05, 3.63) is 23.5 Å². The third-order valence-electron chi connectivity index (χ3n) is 4.00. The fraction of sp³-hybridized carbons (Fsp3) is 0.533. The monoisotopic (exact) mass is 321 g/mol. The van der Waals surface area contributed by atoms with Crippen LogP contribution in [0.2, 0.25) is 0 Å². The van der Waals surface area contributed by atoms with Crippen LogP contribution in [0.25, 0.3) is 0 Å². The summed E-state index contributed by atoms with van der Waals surface area (Å²) in [5, 5.41) is 9.34. The highest BCUT2D eigenvalue weighted by molar-refractivity contribution is 5.89. The Kier molecular flexibility index (Phi) is 4.61. The molecule has 1 aliphatic heterocycles. The van der Waals surface area contributed by atoms with Crippen LogP contribution in [0.15, 0.2) is 16.7 Å². The van der Waals surface area contributed by atoms with Crippen molar-refractivity contribution in [1.82, 2.24) is 10.5 Å². The molecule has 2 N–H and O–H groups in total. The lowest BCUT2D eigenvalue weighted by Crippen LogP contribution is -2.40. The molecule has 1 aliphatic carbocycles. The molecule has 8 heteroatoms. The van der Waals surface area contributed by atoms with E-state index in [-0.39, 0.29) is 17.9 Å². The van der Waals surface area contributed by atoms with E-state index in [9.17, 15) is 9.59 Å². The first-order chi connectivity index (χ1) is 11.2. The van der Waals surface area contributed by atoms with E-state index in [0.717, 1.165) is 11.3 Å². The zero-order valence-corrected chi connectivity index (χ0v) is 12.8. The molecule has 2 heterocycles. The largest absolute Gasteiger partial charge is 0.469 e. The summed E-state index contributed by atoms with van der Waals surface area (Å²) in [6.07, 6.45) is 5.54. The Morgan fingerprint density at radius 3 is 3.13 bits per heavy atom. The molecule has 8 nitrogen and oxygen atoms in total. The number of urea groups is 1. The third kappa shape index (κ3) is 3.53. The van der Waals surface area contributed by atoms with Gasteiger partial charge in [0, 0.05) is 12.5 Å². The molecule has 0 fully saturated rings. The van der Waals surface area contributed by atoms with Crippen molar-refractivity contribution in [2.45, 2.75) is 31.9 Å². The van der Waals surface area contributed by atoms with Gasteiger partial charge in [0.25, 0.3) is 0 Å². The van der Waals surface area contributed by atoms with Gasteiger partial charge in [-0.2, -0.15) is 0 Å². The number of esters is 1. The molecule has 0 spiro atoms. The summed E-state index contributed by atoms with van der Waals surface area (Å²) in [6, 6.07) is -0.626. The van der Waals surface area contributed by atoms with E-state index in [1.165, 1.54) is 7.11 Å². The number of rotatable bonds is 3. The summed E-state index contributed by atoms with van der Waals surface area (Å²) in [5.41, 5.74) is 0.776. The average Bonchev–Trinajstić information content (AvgIpc) is 2.97. The molecule has 1 aromatic heterocycles. The number of allylic oxidation sites excluding steroid dienone is 1. The number of fused-ring (bicyclic) bond motifs is 1. The van der Waals surface area contributed by atoms with Crippen molar-refractivity contribution in [2.24, 2.45) is 5.92 Å². The fourth-order valence-corrected chi connectivity index (χ4v) is 2.79. The Balaban J connectivity index is 1.57. The maximum Gasteiger partial charge on any atom is 0.320 e. The second-order valence-electron chi connectivity index (χ2n) is 5.56. The van der Waals surface area contributed by atoms with Gasteiger partial charge >= 0.3 is 12.0 Å². The molecule has 2 aliphatic rings. The molecule has 1 aromatic rings. The normalized spacial score (nSPS) is 23.0. The minimum absolute atomic E-state index is 0.230. The summed E-state index contributed by atoms with van der Waals surface area (Å²) in [6.45, 7) is 0.970. The summed E-state index contributed by atoms with van der Waals surface area (Å²) in [5.74, 6) is 0.629. The van der Waals surface area contributed by atoms with E-state index < -0.39 is 6.03 Å². The van der Waals surface area contributed by atoms with E-state index in [1.807, 2.05) is 12.2 Å². The van der Waals surface area contributed by atoms with Gasteiger partial charge < -0.3 is 19.3 Å². The lowest BCUT2D eigenvalue weighted by molar-refractivity contribution is -0.145. The van der Waals surface area contributed by atoms with Gasteiger partial charge in [-0.25, -0.2) is 4.79 Å². The molecular formula is C15H19N3O5. The molecule has 0 aromatic carbocycles. The summed E-state index contributed by atoms with van der Waals surface area (Å²) < 4.78 is 15.3. The maximum atomic E-state index is 12.1. The number of nitrogens with zero attached hydrogens (tertiary/aromatic N) is 1. The van der Waals surface area contributed by atoms with Crippen molar-refractivity contribution >= 4 is 17.8 Å². The molecule has 0 radical (unpaired) electrons. The standard InChI is InChI=1S/C15H19N3O5/c1-21-14(19)9-3-2-4-10(7-9)16-15(20)17-13-11-8-22-6-5-12(11)23-18-13/h2,4,9-10H,3,5-8H2,1H3,(H2,16,17,18,20)/t9-,10-/m1/s1. The first-order valence-corrected chi connectivity index (χ1v) is 7.54. The van der Waals surface area contributed by atoms with Gasteiger partial charge in [0.15, 0.2) is 5.82 Å². The summed E-state index contributed by atoms with van der Waals surface area (Å²) >= 11 is 0. The van der Waals surface area contributed by atoms with Crippen LogP contribution in [0.4, 0.5) is 10.6 Å².